The zero-order valence-electron chi connectivity index (χ0n) is 13.2. The average molecular weight is 322 g/mol. The second kappa shape index (κ2) is 7.44. The molecule has 1 nitrogen and oxygen atoms in total. The highest BCUT2D eigenvalue weighted by Gasteiger charge is 2.19. The molecule has 0 amide bonds. The van der Waals surface area contributed by atoms with Crippen LogP contribution < -0.4 is 5.32 Å². The Bertz CT molecular complexity index is 559. The number of benzene rings is 1. The third kappa shape index (κ3) is 4.32. The lowest BCUT2D eigenvalue weighted by molar-refractivity contribution is 0.377. The van der Waals surface area contributed by atoms with Gasteiger partial charge in [-0.2, -0.15) is 0 Å². The van der Waals surface area contributed by atoms with Gasteiger partial charge in [0.25, 0.3) is 0 Å². The summed E-state index contributed by atoms with van der Waals surface area (Å²) in [6.45, 7) is 8.96. The van der Waals surface area contributed by atoms with E-state index in [0.29, 0.717) is 18.0 Å². The Kier molecular flexibility index (Phi) is 5.86. The Morgan fingerprint density at radius 3 is 2.24 bits per heavy atom. The summed E-state index contributed by atoms with van der Waals surface area (Å²) in [5.74, 6) is 0.527. The molecule has 1 N–H and O–H groups in total. The number of thiophene rings is 1. The zero-order valence-corrected chi connectivity index (χ0v) is 14.8. The molecule has 0 bridgehead atoms. The molecule has 1 heterocycles. The summed E-state index contributed by atoms with van der Waals surface area (Å²) in [5, 5.41) is 4.57. The number of rotatable bonds is 6. The highest BCUT2D eigenvalue weighted by Crippen LogP contribution is 2.29. The number of hydrogen-bond donors (Lipinski definition) is 1. The molecule has 21 heavy (non-hydrogen) atoms. The summed E-state index contributed by atoms with van der Waals surface area (Å²) in [6.07, 6.45) is 1.11. The molecule has 2 unspecified atom stereocenters. The van der Waals surface area contributed by atoms with Gasteiger partial charge >= 0.3 is 0 Å². The van der Waals surface area contributed by atoms with E-state index in [1.807, 2.05) is 23.5 Å². The van der Waals surface area contributed by atoms with E-state index in [0.717, 1.165) is 11.4 Å². The molecule has 0 aliphatic carbocycles. The Labute approximate surface area is 137 Å². The zero-order chi connectivity index (χ0) is 15.4. The van der Waals surface area contributed by atoms with E-state index in [9.17, 15) is 0 Å². The molecule has 2 rings (SSSR count). The molecule has 0 aliphatic rings. The second-order valence-corrected chi connectivity index (χ2v) is 7.46. The van der Waals surface area contributed by atoms with Gasteiger partial charge in [0, 0.05) is 26.9 Å². The molecule has 0 saturated heterocycles. The molecule has 0 spiro atoms. The molecule has 0 saturated carbocycles. The maximum absolute atomic E-state index is 6.00. The van der Waals surface area contributed by atoms with Crippen molar-refractivity contribution >= 4 is 22.9 Å². The first kappa shape index (κ1) is 16.5. The van der Waals surface area contributed by atoms with Gasteiger partial charge in [0.05, 0.1) is 0 Å². The molecule has 114 valence electrons. The minimum absolute atomic E-state index is 0.337. The van der Waals surface area contributed by atoms with Gasteiger partial charge in [-0.1, -0.05) is 44.5 Å². The summed E-state index contributed by atoms with van der Waals surface area (Å²) in [5.41, 5.74) is 1.30. The van der Waals surface area contributed by atoms with Crippen LogP contribution in [-0.4, -0.2) is 0 Å². The van der Waals surface area contributed by atoms with E-state index in [-0.39, 0.29) is 0 Å². The summed E-state index contributed by atoms with van der Waals surface area (Å²) >= 11 is 7.91. The van der Waals surface area contributed by atoms with Crippen molar-refractivity contribution in [3.05, 3.63) is 56.7 Å². The lowest BCUT2D eigenvalue weighted by Crippen LogP contribution is -2.28. The fourth-order valence-electron chi connectivity index (χ4n) is 2.51. The summed E-state index contributed by atoms with van der Waals surface area (Å²) in [7, 11) is 0. The van der Waals surface area contributed by atoms with Gasteiger partial charge in [-0.25, -0.2) is 0 Å². The Hall–Kier alpha value is -0.830. The van der Waals surface area contributed by atoms with Crippen LogP contribution in [0.2, 0.25) is 5.02 Å². The summed E-state index contributed by atoms with van der Waals surface area (Å²) in [4.78, 5) is 2.86. The fraction of sp³-hybridized carbons (Fsp3) is 0.444. The maximum Gasteiger partial charge on any atom is 0.0406 e. The molecule has 2 aromatic rings. The van der Waals surface area contributed by atoms with Gasteiger partial charge in [0.1, 0.15) is 0 Å². The molecule has 0 fully saturated rings. The van der Waals surface area contributed by atoms with Gasteiger partial charge in [-0.05, 0) is 49.1 Å². The first-order valence-electron chi connectivity index (χ1n) is 7.61. The van der Waals surface area contributed by atoms with E-state index >= 15 is 0 Å². The third-order valence-corrected chi connectivity index (χ3v) is 5.45. The number of halogens is 1. The largest absolute Gasteiger partial charge is 0.302 e. The molecule has 0 radical (unpaired) electrons. The highest BCUT2D eigenvalue weighted by molar-refractivity contribution is 7.12. The lowest BCUT2D eigenvalue weighted by Gasteiger charge is -2.26. The van der Waals surface area contributed by atoms with E-state index in [1.165, 1.54) is 15.3 Å². The summed E-state index contributed by atoms with van der Waals surface area (Å²) in [6, 6.07) is 13.4. The first-order valence-corrected chi connectivity index (χ1v) is 8.80. The van der Waals surface area contributed by atoms with Crippen LogP contribution in [-0.2, 0) is 6.42 Å². The van der Waals surface area contributed by atoms with Crippen molar-refractivity contribution < 1.29 is 0 Å². The van der Waals surface area contributed by atoms with Gasteiger partial charge in [0.2, 0.25) is 0 Å². The average Bonchev–Trinajstić information content (AvgIpc) is 2.94. The van der Waals surface area contributed by atoms with Crippen LogP contribution in [0.25, 0.3) is 0 Å². The number of aryl methyl sites for hydroxylation is 1. The molecule has 3 heteroatoms. The standard InChI is InChI=1S/C18H24ClNS/c1-5-16-10-11-17(21-16)13(4)20-18(12(2)3)14-6-8-15(19)9-7-14/h6-13,18,20H,5H2,1-4H3. The van der Waals surface area contributed by atoms with Crippen molar-refractivity contribution in [3.8, 4) is 0 Å². The Morgan fingerprint density at radius 2 is 1.71 bits per heavy atom. The molecule has 0 aliphatic heterocycles. The van der Waals surface area contributed by atoms with Crippen molar-refractivity contribution in [2.24, 2.45) is 5.92 Å². The Balaban J connectivity index is 2.14. The van der Waals surface area contributed by atoms with Gasteiger partial charge in [-0.3, -0.25) is 0 Å². The predicted octanol–water partition coefficient (Wildman–Crippen LogP) is 6.01. The maximum atomic E-state index is 6.00. The van der Waals surface area contributed by atoms with Crippen molar-refractivity contribution in [1.29, 1.82) is 0 Å². The van der Waals surface area contributed by atoms with Crippen LogP contribution in [0.15, 0.2) is 36.4 Å². The van der Waals surface area contributed by atoms with E-state index in [1.54, 1.807) is 0 Å². The molecular formula is C18H24ClNS. The quantitative estimate of drug-likeness (QED) is 0.686. The van der Waals surface area contributed by atoms with Crippen LogP contribution in [0.1, 0.15) is 55.1 Å². The smallest absolute Gasteiger partial charge is 0.0406 e. The minimum atomic E-state index is 0.337. The van der Waals surface area contributed by atoms with Gasteiger partial charge in [-0.15, -0.1) is 11.3 Å². The normalized spacial score (nSPS) is 14.4. The topological polar surface area (TPSA) is 12.0 Å². The highest BCUT2D eigenvalue weighted by atomic mass is 35.5. The van der Waals surface area contributed by atoms with Gasteiger partial charge < -0.3 is 5.32 Å². The first-order chi connectivity index (χ1) is 10.0. The van der Waals surface area contributed by atoms with E-state index < -0.39 is 0 Å². The van der Waals surface area contributed by atoms with Gasteiger partial charge in [0.15, 0.2) is 0 Å². The predicted molar refractivity (Wildman–Crippen MR) is 94.3 cm³/mol. The van der Waals surface area contributed by atoms with Crippen molar-refractivity contribution in [2.45, 2.75) is 46.2 Å². The minimum Gasteiger partial charge on any atom is -0.302 e. The lowest BCUT2D eigenvalue weighted by atomic mass is 9.95. The monoisotopic (exact) mass is 321 g/mol. The number of hydrogen-bond acceptors (Lipinski definition) is 2. The number of nitrogens with one attached hydrogen (secondary N) is 1. The van der Waals surface area contributed by atoms with Crippen LogP contribution in [0.3, 0.4) is 0 Å². The molecule has 1 aromatic heterocycles. The van der Waals surface area contributed by atoms with Crippen molar-refractivity contribution in [3.63, 3.8) is 0 Å². The van der Waals surface area contributed by atoms with Crippen LogP contribution >= 0.6 is 22.9 Å². The third-order valence-electron chi connectivity index (χ3n) is 3.78. The van der Waals surface area contributed by atoms with E-state index in [4.69, 9.17) is 11.6 Å². The second-order valence-electron chi connectivity index (χ2n) is 5.82. The Morgan fingerprint density at radius 1 is 1.05 bits per heavy atom. The van der Waals surface area contributed by atoms with Crippen LogP contribution in [0.5, 0.6) is 0 Å². The molecule has 2 atom stereocenters. The summed E-state index contributed by atoms with van der Waals surface area (Å²) < 4.78 is 0. The van der Waals surface area contributed by atoms with E-state index in [2.05, 4.69) is 57.3 Å². The van der Waals surface area contributed by atoms with Crippen LogP contribution in [0.4, 0.5) is 0 Å². The SMILES string of the molecule is CCc1ccc(C(C)NC(c2ccc(Cl)cc2)C(C)C)s1. The van der Waals surface area contributed by atoms with Crippen molar-refractivity contribution in [2.75, 3.05) is 0 Å². The van der Waals surface area contributed by atoms with Crippen LogP contribution in [0, 0.1) is 5.92 Å². The fourth-order valence-corrected chi connectivity index (χ4v) is 3.60. The molecular weight excluding hydrogens is 298 g/mol. The molecule has 1 aromatic carbocycles. The van der Waals surface area contributed by atoms with Crippen molar-refractivity contribution in [1.82, 2.24) is 5.32 Å².